The molecule has 0 fully saturated rings. The molecule has 0 radical (unpaired) electrons. The van der Waals surface area contributed by atoms with E-state index in [0.717, 1.165) is 27.7 Å². The van der Waals surface area contributed by atoms with Gasteiger partial charge in [0.25, 0.3) is 0 Å². The lowest BCUT2D eigenvalue weighted by molar-refractivity contribution is -0.117. The predicted molar refractivity (Wildman–Crippen MR) is 151 cm³/mol. The van der Waals surface area contributed by atoms with Gasteiger partial charge in [-0.1, -0.05) is 66.8 Å². The summed E-state index contributed by atoms with van der Waals surface area (Å²) in [5.74, 6) is -0.0120. The molecule has 35 heavy (non-hydrogen) atoms. The second kappa shape index (κ2) is 11.3. The number of anilines is 2. The summed E-state index contributed by atoms with van der Waals surface area (Å²) in [6, 6.07) is 23.3. The van der Waals surface area contributed by atoms with E-state index in [1.54, 1.807) is 6.20 Å². The van der Waals surface area contributed by atoms with E-state index in [9.17, 15) is 4.79 Å². The number of nitrogens with zero attached hydrogens (tertiary/aromatic N) is 1. The van der Waals surface area contributed by atoms with Crippen LogP contribution in [-0.2, 0) is 4.79 Å². The number of hydrogen-bond acceptors (Lipinski definition) is 3. The van der Waals surface area contributed by atoms with Crippen molar-refractivity contribution in [3.05, 3.63) is 114 Å². The third-order valence-corrected chi connectivity index (χ3v) is 6.11. The smallest absolute Gasteiger partial charge is 0.245 e. The number of allylic oxidation sites excluding steroid dienone is 2. The van der Waals surface area contributed by atoms with E-state index in [1.807, 2.05) is 48.5 Å². The largest absolute Gasteiger partial charge is 0.361 e. The first-order valence-electron chi connectivity index (χ1n) is 11.0. The summed E-state index contributed by atoms with van der Waals surface area (Å²) in [6.07, 6.45) is 10.4. The minimum atomic E-state index is -0.753. The molecule has 5 rings (SSSR count). The third kappa shape index (κ3) is 5.43. The molecule has 1 aliphatic heterocycles. The zero-order chi connectivity index (χ0) is 22.8. The first-order chi connectivity index (χ1) is 16.1. The SMILES string of the molecule is CN1C=CC(/C=C/c2ccc(NC(=O)[C@H](N)c3c[nH]c4ccccc34)cc2)c2ccccc21.Cl.Cl. The number of nitrogens with two attached hydrogens (primary N) is 1. The standard InChI is InChI=1S/C28H26N4O.2ClH/c1-32-17-16-20(22-6-3-5-9-26(22)32)13-10-19-11-14-21(15-12-19)31-28(33)27(29)24-18-30-25-8-4-2-7-23(24)25;;/h2-18,20,27,30H,29H2,1H3,(H,31,33);2*1H/b13-10+;;/t20?,27-;;/m1../s1. The van der Waals surface area contributed by atoms with Gasteiger partial charge in [-0.05, 0) is 35.4 Å². The Hall–Kier alpha value is -3.51. The lowest BCUT2D eigenvalue weighted by Crippen LogP contribution is -2.27. The minimum Gasteiger partial charge on any atom is -0.361 e. The van der Waals surface area contributed by atoms with Crippen molar-refractivity contribution in [2.24, 2.45) is 5.73 Å². The van der Waals surface area contributed by atoms with Crippen molar-refractivity contribution in [2.75, 3.05) is 17.3 Å². The van der Waals surface area contributed by atoms with Crippen LogP contribution in [0, 0.1) is 0 Å². The van der Waals surface area contributed by atoms with Crippen molar-refractivity contribution in [2.45, 2.75) is 12.0 Å². The van der Waals surface area contributed by atoms with Crippen LogP contribution in [0.25, 0.3) is 17.0 Å². The number of H-pyrrole nitrogens is 1. The number of nitrogens with one attached hydrogen (secondary N) is 2. The molecule has 0 spiro atoms. The van der Waals surface area contributed by atoms with Crippen LogP contribution < -0.4 is 16.0 Å². The van der Waals surface area contributed by atoms with Crippen LogP contribution >= 0.6 is 24.8 Å². The monoisotopic (exact) mass is 506 g/mol. The molecule has 0 bridgehead atoms. The van der Waals surface area contributed by atoms with Gasteiger partial charge in [-0.25, -0.2) is 0 Å². The van der Waals surface area contributed by atoms with Crippen molar-refractivity contribution >= 4 is 59.1 Å². The predicted octanol–water partition coefficient (Wildman–Crippen LogP) is 6.41. The van der Waals surface area contributed by atoms with Gasteiger partial charge in [0, 0.05) is 53.2 Å². The number of aromatic amines is 1. The Kier molecular flexibility index (Phi) is 8.41. The number of amides is 1. The maximum absolute atomic E-state index is 12.7. The van der Waals surface area contributed by atoms with Gasteiger partial charge >= 0.3 is 0 Å². The molecular formula is C28H28Cl2N4O. The Morgan fingerprint density at radius 1 is 1.03 bits per heavy atom. The van der Waals surface area contributed by atoms with Gasteiger partial charge in [-0.2, -0.15) is 0 Å². The number of aromatic nitrogens is 1. The van der Waals surface area contributed by atoms with Crippen molar-refractivity contribution in [1.82, 2.24) is 4.98 Å². The number of para-hydroxylation sites is 2. The number of rotatable bonds is 5. The average molecular weight is 507 g/mol. The summed E-state index contributed by atoms with van der Waals surface area (Å²) < 4.78 is 0. The van der Waals surface area contributed by atoms with E-state index < -0.39 is 6.04 Å². The van der Waals surface area contributed by atoms with E-state index in [-0.39, 0.29) is 36.6 Å². The van der Waals surface area contributed by atoms with Crippen LogP contribution in [0.1, 0.15) is 28.7 Å². The number of carbonyl (C=O) groups is 1. The number of fused-ring (bicyclic) bond motifs is 2. The van der Waals surface area contributed by atoms with E-state index in [0.29, 0.717) is 0 Å². The van der Waals surface area contributed by atoms with Crippen molar-refractivity contribution in [3.8, 4) is 0 Å². The second-order valence-corrected chi connectivity index (χ2v) is 8.27. The highest BCUT2D eigenvalue weighted by molar-refractivity contribution is 5.98. The van der Waals surface area contributed by atoms with Crippen LogP contribution in [0.2, 0.25) is 0 Å². The Morgan fingerprint density at radius 2 is 1.74 bits per heavy atom. The summed E-state index contributed by atoms with van der Waals surface area (Å²) in [4.78, 5) is 18.0. The summed E-state index contributed by atoms with van der Waals surface area (Å²) >= 11 is 0. The number of benzene rings is 3. The molecule has 0 saturated heterocycles. The normalized spacial score (nSPS) is 15.3. The fraction of sp³-hybridized carbons (Fsp3) is 0.107. The summed E-state index contributed by atoms with van der Waals surface area (Å²) in [5.41, 5.74) is 12.3. The van der Waals surface area contributed by atoms with E-state index in [1.165, 1.54) is 11.3 Å². The molecule has 5 nitrogen and oxygen atoms in total. The van der Waals surface area contributed by atoms with Crippen LogP contribution in [0.5, 0.6) is 0 Å². The van der Waals surface area contributed by atoms with Crippen LogP contribution in [0.3, 0.4) is 0 Å². The Bertz CT molecular complexity index is 1360. The van der Waals surface area contributed by atoms with Crippen molar-refractivity contribution in [3.63, 3.8) is 0 Å². The molecule has 3 aromatic carbocycles. The van der Waals surface area contributed by atoms with Crippen molar-refractivity contribution in [1.29, 1.82) is 0 Å². The van der Waals surface area contributed by atoms with Gasteiger partial charge < -0.3 is 20.9 Å². The molecule has 7 heteroatoms. The summed E-state index contributed by atoms with van der Waals surface area (Å²) in [7, 11) is 2.06. The van der Waals surface area contributed by atoms with Crippen LogP contribution in [-0.4, -0.2) is 17.9 Å². The van der Waals surface area contributed by atoms with Crippen molar-refractivity contribution < 1.29 is 4.79 Å². The highest BCUT2D eigenvalue weighted by Crippen LogP contribution is 2.33. The summed E-state index contributed by atoms with van der Waals surface area (Å²) in [6.45, 7) is 0. The average Bonchev–Trinajstić information content (AvgIpc) is 3.28. The third-order valence-electron chi connectivity index (χ3n) is 6.11. The Balaban J connectivity index is 0.00000171. The van der Waals surface area contributed by atoms with Crippen LogP contribution in [0.4, 0.5) is 11.4 Å². The van der Waals surface area contributed by atoms with E-state index in [2.05, 4.69) is 70.9 Å². The fourth-order valence-corrected chi connectivity index (χ4v) is 4.27. The Labute approximate surface area is 217 Å². The molecule has 180 valence electrons. The molecule has 1 amide bonds. The van der Waals surface area contributed by atoms with E-state index in [4.69, 9.17) is 5.73 Å². The fourth-order valence-electron chi connectivity index (χ4n) is 4.27. The molecule has 2 atom stereocenters. The first-order valence-corrected chi connectivity index (χ1v) is 11.0. The van der Waals surface area contributed by atoms with Gasteiger partial charge in [0.2, 0.25) is 5.91 Å². The first kappa shape index (κ1) is 26.1. The minimum absolute atomic E-state index is 0. The van der Waals surface area contributed by atoms with Gasteiger partial charge in [0.05, 0.1) is 0 Å². The van der Waals surface area contributed by atoms with Gasteiger partial charge in [0.1, 0.15) is 6.04 Å². The van der Waals surface area contributed by atoms with E-state index >= 15 is 0 Å². The van der Waals surface area contributed by atoms with Gasteiger partial charge in [0.15, 0.2) is 0 Å². The number of hydrogen-bond donors (Lipinski definition) is 3. The van der Waals surface area contributed by atoms with Gasteiger partial charge in [-0.3, -0.25) is 4.79 Å². The molecule has 1 aliphatic rings. The molecule has 0 saturated carbocycles. The topological polar surface area (TPSA) is 74.2 Å². The lowest BCUT2D eigenvalue weighted by Gasteiger charge is -2.26. The molecule has 4 N–H and O–H groups in total. The summed E-state index contributed by atoms with van der Waals surface area (Å²) in [5, 5.41) is 3.89. The lowest BCUT2D eigenvalue weighted by atomic mass is 9.93. The molecule has 1 aromatic heterocycles. The molecule has 0 aliphatic carbocycles. The highest BCUT2D eigenvalue weighted by Gasteiger charge is 2.19. The molecule has 4 aromatic rings. The molecule has 1 unspecified atom stereocenters. The maximum Gasteiger partial charge on any atom is 0.245 e. The molecule has 2 heterocycles. The zero-order valence-corrected chi connectivity index (χ0v) is 20.9. The number of halogens is 2. The van der Waals surface area contributed by atoms with Gasteiger partial charge in [-0.15, -0.1) is 24.8 Å². The highest BCUT2D eigenvalue weighted by atomic mass is 35.5. The van der Waals surface area contributed by atoms with Crippen LogP contribution in [0.15, 0.2) is 97.3 Å². The second-order valence-electron chi connectivity index (χ2n) is 8.27. The Morgan fingerprint density at radius 3 is 2.54 bits per heavy atom. The number of carbonyl (C=O) groups excluding carboxylic acids is 1. The quantitative estimate of drug-likeness (QED) is 0.292. The zero-order valence-electron chi connectivity index (χ0n) is 19.2. The molecular weight excluding hydrogens is 479 g/mol. The maximum atomic E-state index is 12.7.